The number of likely N-dealkylation sites (tertiary alicyclic amines) is 1. The molecule has 0 bridgehead atoms. The van der Waals surface area contributed by atoms with E-state index in [2.05, 4.69) is 0 Å². The first-order valence-corrected chi connectivity index (χ1v) is 13.4. The lowest BCUT2D eigenvalue weighted by molar-refractivity contribution is -0.136. The van der Waals surface area contributed by atoms with Crippen molar-refractivity contribution in [3.63, 3.8) is 0 Å². The Morgan fingerprint density at radius 2 is 1.64 bits per heavy atom. The highest BCUT2D eigenvalue weighted by molar-refractivity contribution is 7.89. The molecule has 1 amide bonds. The van der Waals surface area contributed by atoms with E-state index in [1.54, 1.807) is 16.4 Å². The van der Waals surface area contributed by atoms with Gasteiger partial charge in [-0.15, -0.1) is 0 Å². The third-order valence-electron chi connectivity index (χ3n) is 6.86. The summed E-state index contributed by atoms with van der Waals surface area (Å²) in [5.74, 6) is 0.850. The van der Waals surface area contributed by atoms with Crippen LogP contribution in [-0.2, 0) is 14.8 Å². The number of rotatable bonds is 7. The molecule has 1 atom stereocenters. The van der Waals surface area contributed by atoms with Gasteiger partial charge in [0.05, 0.1) is 11.5 Å². The minimum Gasteiger partial charge on any atom is -0.493 e. The first-order valence-electron chi connectivity index (χ1n) is 11.9. The fourth-order valence-electron chi connectivity index (χ4n) is 4.99. The minimum atomic E-state index is -3.65. The van der Waals surface area contributed by atoms with Gasteiger partial charge in [0.25, 0.3) is 0 Å². The van der Waals surface area contributed by atoms with Gasteiger partial charge in [-0.1, -0.05) is 36.4 Å². The number of hydrogen-bond acceptors (Lipinski definition) is 4. The molecule has 0 N–H and O–H groups in total. The number of carbonyl (C=O) groups is 1. The molecule has 2 aromatic rings. The van der Waals surface area contributed by atoms with E-state index in [1.807, 2.05) is 54.3 Å². The molecule has 0 saturated carbocycles. The Hall–Kier alpha value is -2.38. The third kappa shape index (κ3) is 5.58. The molecular weight excluding hydrogens is 436 g/mol. The van der Waals surface area contributed by atoms with Gasteiger partial charge in [0.2, 0.25) is 15.9 Å². The number of hydrogen-bond donors (Lipinski definition) is 0. The van der Waals surface area contributed by atoms with Gasteiger partial charge in [0, 0.05) is 38.0 Å². The average molecular weight is 471 g/mol. The average Bonchev–Trinajstić information content (AvgIpc) is 2.84. The highest BCUT2D eigenvalue weighted by atomic mass is 32.2. The highest BCUT2D eigenvalue weighted by Crippen LogP contribution is 2.38. The Labute approximate surface area is 197 Å². The van der Waals surface area contributed by atoms with Crippen LogP contribution in [0.1, 0.15) is 44.1 Å². The predicted octanol–water partition coefficient (Wildman–Crippen LogP) is 4.25. The molecular formula is C26H34N2O4S. The van der Waals surface area contributed by atoms with E-state index in [0.29, 0.717) is 30.9 Å². The monoisotopic (exact) mass is 470 g/mol. The molecule has 0 spiro atoms. The van der Waals surface area contributed by atoms with Gasteiger partial charge in [-0.05, 0) is 62.8 Å². The zero-order chi connectivity index (χ0) is 23.3. The van der Waals surface area contributed by atoms with Crippen LogP contribution in [-0.4, -0.2) is 56.3 Å². The second kappa shape index (κ2) is 10.3. The van der Waals surface area contributed by atoms with Crippen molar-refractivity contribution in [2.75, 3.05) is 32.8 Å². The number of para-hydroxylation sites is 1. The number of nitrogens with zero attached hydrogens (tertiary/aromatic N) is 2. The van der Waals surface area contributed by atoms with Crippen LogP contribution in [0.2, 0.25) is 0 Å². The van der Waals surface area contributed by atoms with Crippen LogP contribution in [0.5, 0.6) is 5.75 Å². The van der Waals surface area contributed by atoms with E-state index in [1.165, 1.54) is 0 Å². The maximum Gasteiger partial charge on any atom is 0.243 e. The smallest absolute Gasteiger partial charge is 0.243 e. The predicted molar refractivity (Wildman–Crippen MR) is 129 cm³/mol. The van der Waals surface area contributed by atoms with Crippen molar-refractivity contribution >= 4 is 15.9 Å². The topological polar surface area (TPSA) is 66.9 Å². The SMILES string of the molecule is Cc1ccccc1S(=O)(=O)N1CCCC(COc2ccccc2)(CC(=O)N2CCCCC2)C1. The van der Waals surface area contributed by atoms with Crippen molar-refractivity contribution in [1.82, 2.24) is 9.21 Å². The maximum absolute atomic E-state index is 13.5. The lowest BCUT2D eigenvalue weighted by atomic mass is 9.78. The molecule has 2 aliphatic heterocycles. The number of aryl methyl sites for hydroxylation is 1. The second-order valence-corrected chi connectivity index (χ2v) is 11.3. The molecule has 6 nitrogen and oxygen atoms in total. The summed E-state index contributed by atoms with van der Waals surface area (Å²) in [6, 6.07) is 16.6. The Morgan fingerprint density at radius 3 is 2.36 bits per heavy atom. The van der Waals surface area contributed by atoms with Gasteiger partial charge in [-0.25, -0.2) is 8.42 Å². The van der Waals surface area contributed by atoms with Crippen molar-refractivity contribution in [2.45, 2.75) is 50.3 Å². The highest BCUT2D eigenvalue weighted by Gasteiger charge is 2.43. The van der Waals surface area contributed by atoms with E-state index < -0.39 is 15.4 Å². The molecule has 2 fully saturated rings. The Bertz CT molecular complexity index is 1050. The molecule has 2 saturated heterocycles. The molecule has 2 heterocycles. The molecule has 0 aromatic heterocycles. The Kier molecular flexibility index (Phi) is 7.39. The van der Waals surface area contributed by atoms with Crippen molar-refractivity contribution in [3.05, 3.63) is 60.2 Å². The first-order chi connectivity index (χ1) is 15.9. The molecule has 0 aliphatic carbocycles. The molecule has 7 heteroatoms. The molecule has 2 aromatic carbocycles. The summed E-state index contributed by atoms with van der Waals surface area (Å²) in [4.78, 5) is 15.6. The van der Waals surface area contributed by atoms with Crippen molar-refractivity contribution < 1.29 is 17.9 Å². The molecule has 33 heavy (non-hydrogen) atoms. The van der Waals surface area contributed by atoms with E-state index in [0.717, 1.165) is 50.1 Å². The van der Waals surface area contributed by atoms with Gasteiger partial charge < -0.3 is 9.64 Å². The van der Waals surface area contributed by atoms with Gasteiger partial charge >= 0.3 is 0 Å². The van der Waals surface area contributed by atoms with Crippen LogP contribution in [0, 0.1) is 12.3 Å². The molecule has 0 radical (unpaired) electrons. The van der Waals surface area contributed by atoms with Crippen molar-refractivity contribution in [3.8, 4) is 5.75 Å². The number of benzene rings is 2. The second-order valence-electron chi connectivity index (χ2n) is 9.43. The van der Waals surface area contributed by atoms with Gasteiger partial charge in [0.1, 0.15) is 5.75 Å². The normalized spacial score (nSPS) is 22.2. The van der Waals surface area contributed by atoms with E-state index in [-0.39, 0.29) is 12.5 Å². The van der Waals surface area contributed by atoms with Gasteiger partial charge in [0.15, 0.2) is 0 Å². The van der Waals surface area contributed by atoms with Crippen LogP contribution < -0.4 is 4.74 Å². The van der Waals surface area contributed by atoms with Crippen molar-refractivity contribution in [2.24, 2.45) is 5.41 Å². The van der Waals surface area contributed by atoms with Crippen LogP contribution in [0.15, 0.2) is 59.5 Å². The lowest BCUT2D eigenvalue weighted by Crippen LogP contribution is -2.51. The zero-order valence-corrected chi connectivity index (χ0v) is 20.2. The Morgan fingerprint density at radius 1 is 0.939 bits per heavy atom. The first kappa shape index (κ1) is 23.8. The number of piperidine rings is 2. The quantitative estimate of drug-likeness (QED) is 0.607. The van der Waals surface area contributed by atoms with E-state index >= 15 is 0 Å². The largest absolute Gasteiger partial charge is 0.493 e. The van der Waals surface area contributed by atoms with Gasteiger partial charge in [-0.2, -0.15) is 4.31 Å². The number of sulfonamides is 1. The summed E-state index contributed by atoms with van der Waals surface area (Å²) < 4.78 is 34.8. The summed E-state index contributed by atoms with van der Waals surface area (Å²) in [6.07, 6.45) is 5.00. The zero-order valence-electron chi connectivity index (χ0n) is 19.4. The number of carbonyl (C=O) groups excluding carboxylic acids is 1. The summed E-state index contributed by atoms with van der Waals surface area (Å²) in [5.41, 5.74) is 0.178. The summed E-state index contributed by atoms with van der Waals surface area (Å²) >= 11 is 0. The summed E-state index contributed by atoms with van der Waals surface area (Å²) in [5, 5.41) is 0. The fourth-order valence-corrected chi connectivity index (χ4v) is 6.81. The van der Waals surface area contributed by atoms with Crippen LogP contribution >= 0.6 is 0 Å². The molecule has 2 aliphatic rings. The number of ether oxygens (including phenoxy) is 1. The van der Waals surface area contributed by atoms with Gasteiger partial charge in [-0.3, -0.25) is 4.79 Å². The van der Waals surface area contributed by atoms with Crippen molar-refractivity contribution in [1.29, 1.82) is 0 Å². The maximum atomic E-state index is 13.5. The Balaban J connectivity index is 1.58. The van der Waals surface area contributed by atoms with Crippen LogP contribution in [0.25, 0.3) is 0 Å². The third-order valence-corrected chi connectivity index (χ3v) is 8.87. The lowest BCUT2D eigenvalue weighted by Gasteiger charge is -2.42. The minimum absolute atomic E-state index is 0.113. The molecule has 1 unspecified atom stereocenters. The molecule has 4 rings (SSSR count). The standard InChI is InChI=1S/C26H34N2O4S/c1-22-11-6-7-14-24(22)33(30,31)28-18-10-15-26(20-28,21-32-23-12-4-2-5-13-23)19-25(29)27-16-8-3-9-17-27/h2,4-7,11-14H,3,8-10,15-21H2,1H3. The van der Waals surface area contributed by atoms with Crippen LogP contribution in [0.4, 0.5) is 0 Å². The fraction of sp³-hybridized carbons (Fsp3) is 0.500. The van der Waals surface area contributed by atoms with E-state index in [9.17, 15) is 13.2 Å². The number of amides is 1. The van der Waals surface area contributed by atoms with E-state index in [4.69, 9.17) is 4.74 Å². The summed E-state index contributed by atoms with van der Waals surface area (Å²) in [7, 11) is -3.65. The summed E-state index contributed by atoms with van der Waals surface area (Å²) in [6.45, 7) is 4.47. The molecule has 178 valence electrons. The van der Waals surface area contributed by atoms with Crippen LogP contribution in [0.3, 0.4) is 0 Å².